The van der Waals surface area contributed by atoms with Gasteiger partial charge in [0.05, 0.1) is 17.5 Å². The van der Waals surface area contributed by atoms with Crippen molar-refractivity contribution in [3.8, 4) is 5.75 Å². The molecule has 1 unspecified atom stereocenters. The van der Waals surface area contributed by atoms with Crippen LogP contribution in [0.1, 0.15) is 40.9 Å². The number of hydrogen-bond donors (Lipinski definition) is 1. The highest BCUT2D eigenvalue weighted by molar-refractivity contribution is 7.93. The molecule has 0 radical (unpaired) electrons. The Kier molecular flexibility index (Phi) is 6.41. The molecule has 7 nitrogen and oxygen atoms in total. The lowest BCUT2D eigenvalue weighted by Gasteiger charge is -2.19. The van der Waals surface area contributed by atoms with Crippen LogP contribution >= 0.6 is 0 Å². The lowest BCUT2D eigenvalue weighted by atomic mass is 10.1. The molecule has 1 saturated heterocycles. The Morgan fingerprint density at radius 2 is 1.97 bits per heavy atom. The molecule has 0 bridgehead atoms. The molecule has 2 heterocycles. The molecule has 32 heavy (non-hydrogen) atoms. The summed E-state index contributed by atoms with van der Waals surface area (Å²) < 4.78 is 31.5. The molecule has 1 aromatic heterocycles. The van der Waals surface area contributed by atoms with Crippen LogP contribution in [0.2, 0.25) is 0 Å². The molecule has 1 fully saturated rings. The number of nitrogens with one attached hydrogen (secondary N) is 1. The third-order valence-electron chi connectivity index (χ3n) is 5.35. The zero-order chi connectivity index (χ0) is 22.6. The Morgan fingerprint density at radius 1 is 1.16 bits per heavy atom. The van der Waals surface area contributed by atoms with Crippen molar-refractivity contribution in [2.75, 3.05) is 16.6 Å². The maximum Gasteiger partial charge on any atom is 0.251 e. The molecule has 1 N–H and O–H groups in total. The van der Waals surface area contributed by atoms with Crippen LogP contribution in [0.5, 0.6) is 5.75 Å². The van der Waals surface area contributed by atoms with E-state index < -0.39 is 10.0 Å². The van der Waals surface area contributed by atoms with E-state index in [-0.39, 0.29) is 17.7 Å². The van der Waals surface area contributed by atoms with Crippen molar-refractivity contribution in [3.63, 3.8) is 0 Å². The van der Waals surface area contributed by atoms with Gasteiger partial charge in [-0.2, -0.15) is 0 Å². The highest BCUT2D eigenvalue weighted by Gasteiger charge is 2.28. The second kappa shape index (κ2) is 9.40. The number of pyridine rings is 1. The van der Waals surface area contributed by atoms with Gasteiger partial charge >= 0.3 is 0 Å². The van der Waals surface area contributed by atoms with Crippen molar-refractivity contribution in [2.24, 2.45) is 0 Å². The van der Waals surface area contributed by atoms with E-state index in [1.165, 1.54) is 4.31 Å². The number of ether oxygens (including phenoxy) is 1. The van der Waals surface area contributed by atoms with E-state index >= 15 is 0 Å². The van der Waals surface area contributed by atoms with Crippen LogP contribution in [0.3, 0.4) is 0 Å². The van der Waals surface area contributed by atoms with Crippen molar-refractivity contribution in [1.82, 2.24) is 10.3 Å². The van der Waals surface area contributed by atoms with E-state index in [1.807, 2.05) is 43.3 Å². The van der Waals surface area contributed by atoms with Gasteiger partial charge in [-0.05, 0) is 55.3 Å². The maximum absolute atomic E-state index is 12.8. The maximum atomic E-state index is 12.8. The number of carbonyl (C=O) groups is 1. The predicted octanol–water partition coefficient (Wildman–Crippen LogP) is 3.69. The van der Waals surface area contributed by atoms with Crippen LogP contribution in [-0.2, 0) is 16.6 Å². The second-order valence-corrected chi connectivity index (χ2v) is 9.72. The summed E-state index contributed by atoms with van der Waals surface area (Å²) in [6.45, 7) is 2.78. The summed E-state index contributed by atoms with van der Waals surface area (Å²) in [7, 11) is -3.29. The van der Waals surface area contributed by atoms with Crippen LogP contribution in [0, 0.1) is 0 Å². The van der Waals surface area contributed by atoms with Gasteiger partial charge in [-0.25, -0.2) is 8.42 Å². The van der Waals surface area contributed by atoms with Crippen molar-refractivity contribution in [3.05, 3.63) is 89.7 Å². The predicted molar refractivity (Wildman–Crippen MR) is 123 cm³/mol. The van der Waals surface area contributed by atoms with Crippen molar-refractivity contribution in [2.45, 2.75) is 26.0 Å². The quantitative estimate of drug-likeness (QED) is 0.592. The van der Waals surface area contributed by atoms with Crippen molar-refractivity contribution >= 4 is 21.6 Å². The third-order valence-corrected chi connectivity index (χ3v) is 7.22. The topological polar surface area (TPSA) is 88.6 Å². The van der Waals surface area contributed by atoms with E-state index in [1.54, 1.807) is 36.7 Å². The van der Waals surface area contributed by atoms with Crippen molar-refractivity contribution < 1.29 is 17.9 Å². The third kappa shape index (κ3) is 5.08. The normalized spacial score (nSPS) is 15.8. The number of sulfonamides is 1. The summed E-state index contributed by atoms with van der Waals surface area (Å²) in [5.41, 5.74) is 2.87. The highest BCUT2D eigenvalue weighted by atomic mass is 32.2. The van der Waals surface area contributed by atoms with Crippen molar-refractivity contribution in [1.29, 1.82) is 0 Å². The summed E-state index contributed by atoms with van der Waals surface area (Å²) in [4.78, 5) is 16.8. The highest BCUT2D eigenvalue weighted by Crippen LogP contribution is 2.25. The van der Waals surface area contributed by atoms with Gasteiger partial charge in [0.1, 0.15) is 12.4 Å². The van der Waals surface area contributed by atoms with E-state index in [4.69, 9.17) is 4.74 Å². The van der Waals surface area contributed by atoms with Gasteiger partial charge in [-0.15, -0.1) is 0 Å². The monoisotopic (exact) mass is 451 g/mol. The molecule has 1 aliphatic heterocycles. The summed E-state index contributed by atoms with van der Waals surface area (Å²) in [5, 5.41) is 2.97. The Bertz CT molecular complexity index is 1180. The fraction of sp³-hybridized carbons (Fsp3) is 0.250. The molecule has 0 aliphatic carbocycles. The first-order valence-corrected chi connectivity index (χ1v) is 12.1. The first-order chi connectivity index (χ1) is 15.4. The minimum atomic E-state index is -3.29. The fourth-order valence-electron chi connectivity index (χ4n) is 3.60. The lowest BCUT2D eigenvalue weighted by Crippen LogP contribution is -2.28. The summed E-state index contributed by atoms with van der Waals surface area (Å²) >= 11 is 0. The second-order valence-electron chi connectivity index (χ2n) is 7.71. The molecule has 1 aliphatic rings. The molecule has 0 spiro atoms. The van der Waals surface area contributed by atoms with Crippen LogP contribution in [-0.4, -0.2) is 31.6 Å². The Morgan fingerprint density at radius 3 is 2.66 bits per heavy atom. The number of anilines is 1. The molecule has 2 aromatic carbocycles. The molecular weight excluding hydrogens is 426 g/mol. The van der Waals surface area contributed by atoms with E-state index in [9.17, 15) is 13.2 Å². The summed E-state index contributed by atoms with van der Waals surface area (Å²) in [5.74, 6) is 0.617. The molecule has 0 saturated carbocycles. The van der Waals surface area contributed by atoms with E-state index in [2.05, 4.69) is 10.3 Å². The largest absolute Gasteiger partial charge is 0.489 e. The van der Waals surface area contributed by atoms with Gasteiger partial charge < -0.3 is 10.1 Å². The van der Waals surface area contributed by atoms with Crippen LogP contribution in [0.25, 0.3) is 0 Å². The molecule has 1 atom stereocenters. The number of amides is 1. The fourth-order valence-corrected chi connectivity index (χ4v) is 5.15. The smallest absolute Gasteiger partial charge is 0.251 e. The zero-order valence-electron chi connectivity index (χ0n) is 17.8. The van der Waals surface area contributed by atoms with Gasteiger partial charge in [0.25, 0.3) is 5.91 Å². The van der Waals surface area contributed by atoms with Crippen LogP contribution in [0.4, 0.5) is 5.69 Å². The zero-order valence-corrected chi connectivity index (χ0v) is 18.6. The van der Waals surface area contributed by atoms with Gasteiger partial charge in [-0.1, -0.05) is 24.3 Å². The minimum absolute atomic E-state index is 0.141. The molecule has 1 amide bonds. The van der Waals surface area contributed by atoms with E-state index in [0.29, 0.717) is 30.8 Å². The standard InChI is InChI=1S/C24H25N3O4S/c1-18(20-8-10-23(11-9-20)31-17-19-5-3-12-25-16-19)26-24(28)21-6-2-7-22(15-21)27-13-4-14-32(27,29)30/h2-3,5-12,15-16,18H,4,13-14,17H2,1H3,(H,26,28). The SMILES string of the molecule is CC(NC(=O)c1cccc(N2CCCS2(=O)=O)c1)c1ccc(OCc2cccnc2)cc1. The first kappa shape index (κ1) is 21.8. The van der Waals surface area contributed by atoms with E-state index in [0.717, 1.165) is 16.9 Å². The molecular formula is C24H25N3O4S. The molecule has 3 aromatic rings. The number of hydrogen-bond acceptors (Lipinski definition) is 5. The minimum Gasteiger partial charge on any atom is -0.489 e. The Balaban J connectivity index is 1.38. The average Bonchev–Trinajstić information content (AvgIpc) is 3.17. The number of benzene rings is 2. The average molecular weight is 452 g/mol. The van der Waals surface area contributed by atoms with Crippen LogP contribution in [0.15, 0.2) is 73.1 Å². The molecule has 8 heteroatoms. The number of aromatic nitrogens is 1. The van der Waals surface area contributed by atoms with Gasteiger partial charge in [0, 0.05) is 30.1 Å². The molecule has 4 rings (SSSR count). The van der Waals surface area contributed by atoms with Gasteiger partial charge in [0.2, 0.25) is 10.0 Å². The lowest BCUT2D eigenvalue weighted by molar-refractivity contribution is 0.0940. The first-order valence-electron chi connectivity index (χ1n) is 10.5. The van der Waals surface area contributed by atoms with Gasteiger partial charge in [-0.3, -0.25) is 14.1 Å². The summed E-state index contributed by atoms with van der Waals surface area (Å²) in [6, 6.07) is 17.9. The summed E-state index contributed by atoms with van der Waals surface area (Å²) in [6.07, 6.45) is 4.08. The Hall–Kier alpha value is -3.39. The molecule has 166 valence electrons. The Labute approximate surface area is 188 Å². The number of rotatable bonds is 7. The number of carbonyl (C=O) groups excluding carboxylic acids is 1. The number of nitrogens with zero attached hydrogens (tertiary/aromatic N) is 2. The van der Waals surface area contributed by atoms with Crippen LogP contribution < -0.4 is 14.4 Å². The van der Waals surface area contributed by atoms with Gasteiger partial charge in [0.15, 0.2) is 0 Å².